The molecule has 0 unspecified atom stereocenters. The summed E-state index contributed by atoms with van der Waals surface area (Å²) in [6, 6.07) is 13.6. The maximum absolute atomic E-state index is 11.9. The standard InChI is InChI=1S/C16H18N2O2/c1-13(20-12-14-6-3-2-4-7-14)16(19)18-11-15-8-5-9-17-10-15/h2-10,13H,11-12H2,1H3,(H,18,19)/t13-/m1/s1. The molecule has 2 rings (SSSR count). The Bertz CT molecular complexity index is 529. The molecule has 1 heterocycles. The summed E-state index contributed by atoms with van der Waals surface area (Å²) >= 11 is 0. The van der Waals surface area contributed by atoms with Crippen LogP contribution < -0.4 is 5.32 Å². The Morgan fingerprint density at radius 2 is 1.95 bits per heavy atom. The predicted octanol–water partition coefficient (Wildman–Crippen LogP) is 2.30. The molecule has 0 saturated carbocycles. The Morgan fingerprint density at radius 1 is 1.20 bits per heavy atom. The normalized spacial score (nSPS) is 11.8. The van der Waals surface area contributed by atoms with Crippen molar-refractivity contribution in [1.29, 1.82) is 0 Å². The first kappa shape index (κ1) is 14.2. The van der Waals surface area contributed by atoms with Gasteiger partial charge in [-0.3, -0.25) is 9.78 Å². The molecule has 1 atom stereocenters. The van der Waals surface area contributed by atoms with Crippen LogP contribution in [0.15, 0.2) is 54.9 Å². The van der Waals surface area contributed by atoms with Crippen molar-refractivity contribution in [2.45, 2.75) is 26.2 Å². The maximum Gasteiger partial charge on any atom is 0.249 e. The van der Waals surface area contributed by atoms with Gasteiger partial charge in [0.1, 0.15) is 6.10 Å². The molecular weight excluding hydrogens is 252 g/mol. The third-order valence-electron chi connectivity index (χ3n) is 2.90. The summed E-state index contributed by atoms with van der Waals surface area (Å²) in [6.45, 7) is 2.65. The van der Waals surface area contributed by atoms with E-state index >= 15 is 0 Å². The van der Waals surface area contributed by atoms with Crippen LogP contribution in [0.5, 0.6) is 0 Å². The molecule has 0 aliphatic carbocycles. The molecule has 4 nitrogen and oxygen atoms in total. The van der Waals surface area contributed by atoms with Crippen molar-refractivity contribution < 1.29 is 9.53 Å². The largest absolute Gasteiger partial charge is 0.364 e. The van der Waals surface area contributed by atoms with Crippen molar-refractivity contribution >= 4 is 5.91 Å². The molecule has 1 amide bonds. The second-order valence-corrected chi connectivity index (χ2v) is 4.52. The number of amides is 1. The summed E-state index contributed by atoms with van der Waals surface area (Å²) in [7, 11) is 0. The number of aromatic nitrogens is 1. The first-order valence-electron chi connectivity index (χ1n) is 6.58. The summed E-state index contributed by atoms with van der Waals surface area (Å²) < 4.78 is 5.55. The highest BCUT2D eigenvalue weighted by Crippen LogP contribution is 2.03. The maximum atomic E-state index is 11.9. The number of benzene rings is 1. The summed E-state index contributed by atoms with van der Waals surface area (Å²) in [4.78, 5) is 15.9. The van der Waals surface area contributed by atoms with Crippen molar-refractivity contribution in [3.63, 3.8) is 0 Å². The van der Waals surface area contributed by atoms with Crippen molar-refractivity contribution in [2.24, 2.45) is 0 Å². The molecule has 0 radical (unpaired) electrons. The highest BCUT2D eigenvalue weighted by atomic mass is 16.5. The molecule has 1 aromatic heterocycles. The zero-order chi connectivity index (χ0) is 14.2. The van der Waals surface area contributed by atoms with Crippen LogP contribution in [0.3, 0.4) is 0 Å². The zero-order valence-electron chi connectivity index (χ0n) is 11.5. The molecule has 104 valence electrons. The Labute approximate surface area is 118 Å². The minimum Gasteiger partial charge on any atom is -0.364 e. The average molecular weight is 270 g/mol. The van der Waals surface area contributed by atoms with Crippen LogP contribution in [0.25, 0.3) is 0 Å². The van der Waals surface area contributed by atoms with Crippen LogP contribution >= 0.6 is 0 Å². The Balaban J connectivity index is 1.75. The third kappa shape index (κ3) is 4.48. The number of hydrogen-bond donors (Lipinski definition) is 1. The number of pyridine rings is 1. The molecule has 0 aliphatic rings. The highest BCUT2D eigenvalue weighted by molar-refractivity contribution is 5.80. The van der Waals surface area contributed by atoms with Gasteiger partial charge in [0.2, 0.25) is 5.91 Å². The highest BCUT2D eigenvalue weighted by Gasteiger charge is 2.12. The smallest absolute Gasteiger partial charge is 0.249 e. The van der Waals surface area contributed by atoms with E-state index in [9.17, 15) is 4.79 Å². The second kappa shape index (κ2) is 7.40. The number of nitrogens with zero attached hydrogens (tertiary/aromatic N) is 1. The SMILES string of the molecule is C[C@@H](OCc1ccccc1)C(=O)NCc1cccnc1. The predicted molar refractivity (Wildman–Crippen MR) is 76.8 cm³/mol. The molecule has 0 bridgehead atoms. The molecule has 20 heavy (non-hydrogen) atoms. The van der Waals surface area contributed by atoms with E-state index in [0.29, 0.717) is 13.2 Å². The minimum absolute atomic E-state index is 0.121. The molecule has 1 N–H and O–H groups in total. The summed E-state index contributed by atoms with van der Waals surface area (Å²) in [5, 5.41) is 2.83. The van der Waals surface area contributed by atoms with Gasteiger partial charge < -0.3 is 10.1 Å². The van der Waals surface area contributed by atoms with Gasteiger partial charge in [-0.05, 0) is 24.1 Å². The van der Waals surface area contributed by atoms with Crippen molar-refractivity contribution in [3.8, 4) is 0 Å². The lowest BCUT2D eigenvalue weighted by Gasteiger charge is -2.13. The fraction of sp³-hybridized carbons (Fsp3) is 0.250. The molecule has 0 spiro atoms. The van der Waals surface area contributed by atoms with Gasteiger partial charge in [0, 0.05) is 18.9 Å². The fourth-order valence-corrected chi connectivity index (χ4v) is 1.71. The van der Waals surface area contributed by atoms with Gasteiger partial charge in [-0.1, -0.05) is 36.4 Å². The van der Waals surface area contributed by atoms with Gasteiger partial charge in [0.25, 0.3) is 0 Å². The van der Waals surface area contributed by atoms with Crippen LogP contribution in [0.2, 0.25) is 0 Å². The Hall–Kier alpha value is -2.20. The lowest BCUT2D eigenvalue weighted by atomic mass is 10.2. The number of hydrogen-bond acceptors (Lipinski definition) is 3. The quantitative estimate of drug-likeness (QED) is 0.876. The van der Waals surface area contributed by atoms with Gasteiger partial charge in [0.05, 0.1) is 6.61 Å². The molecular formula is C16H18N2O2. The monoisotopic (exact) mass is 270 g/mol. The molecule has 1 aromatic carbocycles. The average Bonchev–Trinajstić information content (AvgIpc) is 2.52. The van der Waals surface area contributed by atoms with Crippen LogP contribution in [-0.2, 0) is 22.7 Å². The zero-order valence-corrected chi connectivity index (χ0v) is 11.5. The van der Waals surface area contributed by atoms with Gasteiger partial charge in [0.15, 0.2) is 0 Å². The van der Waals surface area contributed by atoms with Crippen LogP contribution in [-0.4, -0.2) is 17.0 Å². The first-order valence-corrected chi connectivity index (χ1v) is 6.58. The lowest BCUT2D eigenvalue weighted by molar-refractivity contribution is -0.132. The van der Waals surface area contributed by atoms with Gasteiger partial charge in [-0.25, -0.2) is 0 Å². The van der Waals surface area contributed by atoms with E-state index in [1.54, 1.807) is 19.3 Å². The third-order valence-corrected chi connectivity index (χ3v) is 2.90. The molecule has 4 heteroatoms. The number of carbonyl (C=O) groups is 1. The fourth-order valence-electron chi connectivity index (χ4n) is 1.71. The van der Waals surface area contributed by atoms with Crippen LogP contribution in [0.1, 0.15) is 18.1 Å². The van der Waals surface area contributed by atoms with Crippen molar-refractivity contribution in [3.05, 3.63) is 66.0 Å². The van der Waals surface area contributed by atoms with Gasteiger partial charge in [-0.15, -0.1) is 0 Å². The van der Waals surface area contributed by atoms with E-state index in [0.717, 1.165) is 11.1 Å². The molecule has 0 fully saturated rings. The molecule has 0 aliphatic heterocycles. The second-order valence-electron chi connectivity index (χ2n) is 4.52. The summed E-state index contributed by atoms with van der Waals surface area (Å²) in [6.07, 6.45) is 2.96. The number of rotatable bonds is 6. The number of nitrogens with one attached hydrogen (secondary N) is 1. The van der Waals surface area contributed by atoms with Crippen molar-refractivity contribution in [1.82, 2.24) is 10.3 Å². The molecule has 0 saturated heterocycles. The van der Waals surface area contributed by atoms with Crippen LogP contribution in [0, 0.1) is 0 Å². The Morgan fingerprint density at radius 3 is 2.65 bits per heavy atom. The topological polar surface area (TPSA) is 51.2 Å². The van der Waals surface area contributed by atoms with E-state index < -0.39 is 6.10 Å². The van der Waals surface area contributed by atoms with E-state index in [2.05, 4.69) is 10.3 Å². The number of carbonyl (C=O) groups excluding carboxylic acids is 1. The summed E-state index contributed by atoms with van der Waals surface area (Å²) in [5.74, 6) is -0.121. The minimum atomic E-state index is -0.480. The van der Waals surface area contributed by atoms with Gasteiger partial charge >= 0.3 is 0 Å². The Kier molecular flexibility index (Phi) is 5.26. The van der Waals surface area contributed by atoms with Crippen LogP contribution in [0.4, 0.5) is 0 Å². The van der Waals surface area contributed by atoms with E-state index in [-0.39, 0.29) is 5.91 Å². The number of ether oxygens (including phenoxy) is 1. The first-order chi connectivity index (χ1) is 9.75. The van der Waals surface area contributed by atoms with Gasteiger partial charge in [-0.2, -0.15) is 0 Å². The lowest BCUT2D eigenvalue weighted by Crippen LogP contribution is -2.34. The van der Waals surface area contributed by atoms with E-state index in [1.165, 1.54) is 0 Å². The summed E-state index contributed by atoms with van der Waals surface area (Å²) in [5.41, 5.74) is 2.02. The van der Waals surface area contributed by atoms with E-state index in [1.807, 2.05) is 42.5 Å². The van der Waals surface area contributed by atoms with E-state index in [4.69, 9.17) is 4.74 Å². The molecule has 2 aromatic rings. The van der Waals surface area contributed by atoms with Crippen molar-refractivity contribution in [2.75, 3.05) is 0 Å².